The lowest BCUT2D eigenvalue weighted by atomic mass is 9.98. The van der Waals surface area contributed by atoms with Crippen molar-refractivity contribution in [3.63, 3.8) is 0 Å². The lowest BCUT2D eigenvalue weighted by Gasteiger charge is -2.14. The van der Waals surface area contributed by atoms with Crippen molar-refractivity contribution in [2.45, 2.75) is 19.3 Å². The summed E-state index contributed by atoms with van der Waals surface area (Å²) < 4.78 is 10.1. The second kappa shape index (κ2) is 7.00. The zero-order chi connectivity index (χ0) is 14.4. The largest absolute Gasteiger partial charge is 0.481 e. The van der Waals surface area contributed by atoms with Gasteiger partial charge < -0.3 is 9.47 Å². The van der Waals surface area contributed by atoms with Crippen molar-refractivity contribution in [3.8, 4) is 5.88 Å². The molecule has 0 radical (unpaired) electrons. The average molecular weight is 292 g/mol. The number of thiazole rings is 1. The van der Waals surface area contributed by atoms with Crippen molar-refractivity contribution >= 4 is 17.3 Å². The molecule has 20 heavy (non-hydrogen) atoms. The van der Waals surface area contributed by atoms with E-state index >= 15 is 0 Å². The average Bonchev–Trinajstić information content (AvgIpc) is 2.99. The minimum atomic E-state index is -0.233. The molecule has 2 aromatic rings. The van der Waals surface area contributed by atoms with Crippen LogP contribution < -0.4 is 4.74 Å². The van der Waals surface area contributed by atoms with E-state index in [4.69, 9.17) is 9.47 Å². The number of rotatable bonds is 6. The molecule has 0 bridgehead atoms. The fourth-order valence-corrected chi connectivity index (χ4v) is 2.63. The van der Waals surface area contributed by atoms with Crippen LogP contribution in [0.4, 0.5) is 0 Å². The standard InChI is InChI=1S/C14H16N2O3S/c1-3-19-13(17)8-11(14-15-6-7-20-14)10-4-5-12(18-2)16-9-10/h4-7,9,11H,3,8H2,1-2H3. The van der Waals surface area contributed by atoms with Gasteiger partial charge in [0.25, 0.3) is 0 Å². The number of esters is 1. The lowest BCUT2D eigenvalue weighted by Crippen LogP contribution is -2.11. The molecule has 1 unspecified atom stereocenters. The predicted molar refractivity (Wildman–Crippen MR) is 76.0 cm³/mol. The predicted octanol–water partition coefficient (Wildman–Crippen LogP) is 2.63. The Labute approximate surface area is 121 Å². The first-order valence-electron chi connectivity index (χ1n) is 6.29. The molecule has 0 aliphatic rings. The fourth-order valence-electron chi connectivity index (χ4n) is 1.86. The van der Waals surface area contributed by atoms with Crippen LogP contribution in [0.3, 0.4) is 0 Å². The van der Waals surface area contributed by atoms with Gasteiger partial charge in [-0.3, -0.25) is 4.79 Å². The summed E-state index contributed by atoms with van der Waals surface area (Å²) in [6, 6.07) is 3.68. The molecule has 6 heteroatoms. The first kappa shape index (κ1) is 14.5. The number of hydrogen-bond acceptors (Lipinski definition) is 6. The third-order valence-corrected chi connectivity index (χ3v) is 3.69. The van der Waals surface area contributed by atoms with Crippen LogP contribution in [-0.4, -0.2) is 29.7 Å². The molecule has 1 atom stereocenters. The van der Waals surface area contributed by atoms with Gasteiger partial charge >= 0.3 is 5.97 Å². The van der Waals surface area contributed by atoms with Gasteiger partial charge in [-0.25, -0.2) is 9.97 Å². The van der Waals surface area contributed by atoms with Gasteiger partial charge in [-0.2, -0.15) is 0 Å². The summed E-state index contributed by atoms with van der Waals surface area (Å²) >= 11 is 1.52. The molecule has 2 rings (SSSR count). The second-order valence-corrected chi connectivity index (χ2v) is 4.99. The van der Waals surface area contributed by atoms with Crippen molar-refractivity contribution in [1.29, 1.82) is 0 Å². The van der Waals surface area contributed by atoms with Gasteiger partial charge in [0.1, 0.15) is 5.01 Å². The van der Waals surface area contributed by atoms with E-state index in [-0.39, 0.29) is 18.3 Å². The van der Waals surface area contributed by atoms with Crippen molar-refractivity contribution in [1.82, 2.24) is 9.97 Å². The molecular weight excluding hydrogens is 276 g/mol. The SMILES string of the molecule is CCOC(=O)CC(c1ccc(OC)nc1)c1nccs1. The third kappa shape index (κ3) is 3.54. The molecule has 0 aliphatic carbocycles. The quantitative estimate of drug-likeness (QED) is 0.766. The van der Waals surface area contributed by atoms with E-state index in [9.17, 15) is 4.79 Å². The van der Waals surface area contributed by atoms with Crippen LogP contribution in [0.5, 0.6) is 5.88 Å². The van der Waals surface area contributed by atoms with E-state index < -0.39 is 0 Å². The molecule has 0 aromatic carbocycles. The molecule has 106 valence electrons. The Kier molecular flexibility index (Phi) is 5.06. The Balaban J connectivity index is 2.23. The summed E-state index contributed by atoms with van der Waals surface area (Å²) in [6.07, 6.45) is 3.70. The molecule has 0 N–H and O–H groups in total. The Morgan fingerprint density at radius 3 is 2.80 bits per heavy atom. The van der Waals surface area contributed by atoms with Crippen molar-refractivity contribution in [2.24, 2.45) is 0 Å². The lowest BCUT2D eigenvalue weighted by molar-refractivity contribution is -0.143. The molecule has 0 amide bonds. The smallest absolute Gasteiger partial charge is 0.306 e. The van der Waals surface area contributed by atoms with Crippen LogP contribution in [-0.2, 0) is 9.53 Å². The van der Waals surface area contributed by atoms with E-state index in [0.717, 1.165) is 10.6 Å². The zero-order valence-corrected chi connectivity index (χ0v) is 12.2. The number of methoxy groups -OCH3 is 1. The van der Waals surface area contributed by atoms with Crippen LogP contribution in [0.1, 0.15) is 29.8 Å². The maximum atomic E-state index is 11.8. The van der Waals surface area contributed by atoms with Gasteiger partial charge in [0.05, 0.1) is 20.1 Å². The molecule has 0 aliphatic heterocycles. The van der Waals surface area contributed by atoms with Crippen LogP contribution in [0.2, 0.25) is 0 Å². The van der Waals surface area contributed by atoms with Crippen molar-refractivity contribution in [2.75, 3.05) is 13.7 Å². The van der Waals surface area contributed by atoms with E-state index in [1.807, 2.05) is 11.4 Å². The second-order valence-electron chi connectivity index (χ2n) is 4.07. The Morgan fingerprint density at radius 1 is 1.40 bits per heavy atom. The van der Waals surface area contributed by atoms with Gasteiger partial charge in [-0.1, -0.05) is 6.07 Å². The highest BCUT2D eigenvalue weighted by molar-refractivity contribution is 7.09. The maximum Gasteiger partial charge on any atom is 0.306 e. The summed E-state index contributed by atoms with van der Waals surface area (Å²) in [6.45, 7) is 2.18. The number of aromatic nitrogens is 2. The number of ether oxygens (including phenoxy) is 2. The summed E-state index contributed by atoms with van der Waals surface area (Å²) in [5, 5.41) is 2.77. The number of carbonyl (C=O) groups is 1. The van der Waals surface area contributed by atoms with Crippen LogP contribution >= 0.6 is 11.3 Å². The first-order valence-corrected chi connectivity index (χ1v) is 7.17. The molecule has 2 heterocycles. The number of pyridine rings is 1. The molecule has 0 saturated carbocycles. The summed E-state index contributed by atoms with van der Waals surface area (Å²) in [7, 11) is 1.57. The minimum Gasteiger partial charge on any atom is -0.481 e. The van der Waals surface area contributed by atoms with E-state index in [2.05, 4.69) is 9.97 Å². The van der Waals surface area contributed by atoms with Gasteiger partial charge in [0.15, 0.2) is 0 Å². The number of nitrogens with zero attached hydrogens (tertiary/aromatic N) is 2. The van der Waals surface area contributed by atoms with Crippen LogP contribution in [0, 0.1) is 0 Å². The number of carbonyl (C=O) groups excluding carboxylic acids is 1. The summed E-state index contributed by atoms with van der Waals surface area (Å²) in [5.41, 5.74) is 0.925. The van der Waals surface area contributed by atoms with Crippen molar-refractivity contribution in [3.05, 3.63) is 40.5 Å². The molecule has 0 fully saturated rings. The van der Waals surface area contributed by atoms with Gasteiger partial charge in [0, 0.05) is 29.8 Å². The molecule has 2 aromatic heterocycles. The first-order chi connectivity index (χ1) is 9.74. The summed E-state index contributed by atoms with van der Waals surface area (Å²) in [4.78, 5) is 20.2. The highest BCUT2D eigenvalue weighted by atomic mass is 32.1. The number of hydrogen-bond donors (Lipinski definition) is 0. The van der Waals surface area contributed by atoms with Crippen LogP contribution in [0.25, 0.3) is 0 Å². The van der Waals surface area contributed by atoms with Gasteiger partial charge in [-0.05, 0) is 12.5 Å². The zero-order valence-electron chi connectivity index (χ0n) is 11.4. The van der Waals surface area contributed by atoms with E-state index in [1.165, 1.54) is 11.3 Å². The molecular formula is C14H16N2O3S. The summed E-state index contributed by atoms with van der Waals surface area (Å²) in [5.74, 6) is 0.179. The Bertz CT molecular complexity index is 540. The topological polar surface area (TPSA) is 61.3 Å². The van der Waals surface area contributed by atoms with Crippen molar-refractivity contribution < 1.29 is 14.3 Å². The third-order valence-electron chi connectivity index (χ3n) is 2.80. The Morgan fingerprint density at radius 2 is 2.25 bits per heavy atom. The highest BCUT2D eigenvalue weighted by Gasteiger charge is 2.21. The molecule has 0 spiro atoms. The maximum absolute atomic E-state index is 11.8. The Hall–Kier alpha value is -1.95. The molecule has 0 saturated heterocycles. The van der Waals surface area contributed by atoms with E-state index in [1.54, 1.807) is 32.5 Å². The highest BCUT2D eigenvalue weighted by Crippen LogP contribution is 2.30. The normalized spacial score (nSPS) is 11.9. The van der Waals surface area contributed by atoms with Gasteiger partial charge in [0.2, 0.25) is 5.88 Å². The van der Waals surface area contributed by atoms with E-state index in [0.29, 0.717) is 12.5 Å². The van der Waals surface area contributed by atoms with Crippen LogP contribution in [0.15, 0.2) is 29.9 Å². The fraction of sp³-hybridized carbons (Fsp3) is 0.357. The van der Waals surface area contributed by atoms with Gasteiger partial charge in [-0.15, -0.1) is 11.3 Å². The minimum absolute atomic E-state index is 0.132. The molecule has 5 nitrogen and oxygen atoms in total. The monoisotopic (exact) mass is 292 g/mol.